The Morgan fingerprint density at radius 1 is 1.15 bits per heavy atom. The lowest BCUT2D eigenvalue weighted by molar-refractivity contribution is 0.501. The molecule has 0 heterocycles. The predicted molar refractivity (Wildman–Crippen MR) is 54.3 cm³/mol. The Bertz CT molecular complexity index is 266. The van der Waals surface area contributed by atoms with Gasteiger partial charge in [0.05, 0.1) is 0 Å². The first-order chi connectivity index (χ1) is 6.11. The highest BCUT2D eigenvalue weighted by atomic mass is 19.1. The van der Waals surface area contributed by atoms with Gasteiger partial charge in [-0.2, -0.15) is 0 Å². The van der Waals surface area contributed by atoms with Crippen LogP contribution in [-0.2, 0) is 0 Å². The second-order valence-electron chi connectivity index (χ2n) is 4.05. The van der Waals surface area contributed by atoms with Crippen LogP contribution in [0.2, 0.25) is 0 Å². The summed E-state index contributed by atoms with van der Waals surface area (Å²) in [4.78, 5) is 0. The van der Waals surface area contributed by atoms with Crippen molar-refractivity contribution in [3.05, 3.63) is 35.6 Å². The number of rotatable bonds is 3. The van der Waals surface area contributed by atoms with Crippen molar-refractivity contribution in [2.24, 2.45) is 5.92 Å². The van der Waals surface area contributed by atoms with Crippen molar-refractivity contribution >= 4 is 0 Å². The van der Waals surface area contributed by atoms with Crippen LogP contribution in [0.25, 0.3) is 0 Å². The van der Waals surface area contributed by atoms with Gasteiger partial charge in [-0.3, -0.25) is 0 Å². The molecule has 0 spiro atoms. The van der Waals surface area contributed by atoms with E-state index in [-0.39, 0.29) is 5.82 Å². The highest BCUT2D eigenvalue weighted by Gasteiger charge is 2.11. The first kappa shape index (κ1) is 10.2. The SMILES string of the molecule is CC(C)CC(C)c1ccccc1F. The van der Waals surface area contributed by atoms with Crippen LogP contribution >= 0.6 is 0 Å². The van der Waals surface area contributed by atoms with Crippen molar-refractivity contribution in [2.75, 3.05) is 0 Å². The maximum absolute atomic E-state index is 13.3. The Morgan fingerprint density at radius 2 is 1.77 bits per heavy atom. The Labute approximate surface area is 79.8 Å². The van der Waals surface area contributed by atoms with Gasteiger partial charge in [-0.05, 0) is 29.9 Å². The molecular weight excluding hydrogens is 163 g/mol. The molecule has 1 atom stereocenters. The van der Waals surface area contributed by atoms with Gasteiger partial charge in [0.2, 0.25) is 0 Å². The molecule has 0 saturated heterocycles. The van der Waals surface area contributed by atoms with Crippen molar-refractivity contribution in [3.8, 4) is 0 Å². The molecule has 0 aliphatic heterocycles. The molecule has 0 amide bonds. The highest BCUT2D eigenvalue weighted by molar-refractivity contribution is 5.20. The summed E-state index contributed by atoms with van der Waals surface area (Å²) in [6, 6.07) is 7.05. The van der Waals surface area contributed by atoms with Gasteiger partial charge < -0.3 is 0 Å². The quantitative estimate of drug-likeness (QED) is 0.660. The topological polar surface area (TPSA) is 0 Å². The average molecular weight is 180 g/mol. The minimum atomic E-state index is -0.0735. The van der Waals surface area contributed by atoms with E-state index in [9.17, 15) is 4.39 Å². The molecule has 0 fully saturated rings. The summed E-state index contributed by atoms with van der Waals surface area (Å²) in [6.45, 7) is 6.41. The molecule has 0 saturated carbocycles. The summed E-state index contributed by atoms with van der Waals surface area (Å²) < 4.78 is 13.3. The molecule has 0 N–H and O–H groups in total. The summed E-state index contributed by atoms with van der Waals surface area (Å²) in [7, 11) is 0. The fourth-order valence-corrected chi connectivity index (χ4v) is 1.71. The molecule has 1 aromatic carbocycles. The fourth-order valence-electron chi connectivity index (χ4n) is 1.71. The summed E-state index contributed by atoms with van der Waals surface area (Å²) in [5.74, 6) is 0.867. The third-order valence-electron chi connectivity index (χ3n) is 2.26. The predicted octanol–water partition coefficient (Wildman–Crippen LogP) is 3.98. The van der Waals surface area contributed by atoms with Gasteiger partial charge >= 0.3 is 0 Å². The molecule has 0 aromatic heterocycles. The molecule has 0 aliphatic rings. The number of hydrogen-bond donors (Lipinski definition) is 0. The summed E-state index contributed by atoms with van der Waals surface area (Å²) in [5, 5.41) is 0. The molecule has 1 unspecified atom stereocenters. The van der Waals surface area contributed by atoms with Crippen LogP contribution in [0.3, 0.4) is 0 Å². The molecule has 13 heavy (non-hydrogen) atoms. The largest absolute Gasteiger partial charge is 0.207 e. The van der Waals surface area contributed by atoms with Gasteiger partial charge in [0.25, 0.3) is 0 Å². The molecule has 72 valence electrons. The third kappa shape index (κ3) is 2.83. The summed E-state index contributed by atoms with van der Waals surface area (Å²) >= 11 is 0. The van der Waals surface area contributed by atoms with Crippen LogP contribution in [-0.4, -0.2) is 0 Å². The van der Waals surface area contributed by atoms with E-state index in [1.165, 1.54) is 6.07 Å². The molecule has 0 radical (unpaired) electrons. The second kappa shape index (κ2) is 4.40. The van der Waals surface area contributed by atoms with E-state index in [4.69, 9.17) is 0 Å². The lowest BCUT2D eigenvalue weighted by atomic mass is 9.92. The fraction of sp³-hybridized carbons (Fsp3) is 0.500. The Hall–Kier alpha value is -0.850. The minimum Gasteiger partial charge on any atom is -0.207 e. The van der Waals surface area contributed by atoms with Gasteiger partial charge in [-0.1, -0.05) is 39.0 Å². The lowest BCUT2D eigenvalue weighted by Gasteiger charge is -2.14. The monoisotopic (exact) mass is 180 g/mol. The summed E-state index contributed by atoms with van der Waals surface area (Å²) in [6.07, 6.45) is 1.04. The molecule has 0 aliphatic carbocycles. The van der Waals surface area contributed by atoms with Crippen LogP contribution in [0.4, 0.5) is 4.39 Å². The zero-order valence-corrected chi connectivity index (χ0v) is 8.55. The maximum Gasteiger partial charge on any atom is 0.126 e. The first-order valence-corrected chi connectivity index (χ1v) is 4.85. The van der Waals surface area contributed by atoms with Crippen molar-refractivity contribution in [3.63, 3.8) is 0 Å². The van der Waals surface area contributed by atoms with E-state index in [1.807, 2.05) is 12.1 Å². The molecule has 1 heteroatoms. The smallest absolute Gasteiger partial charge is 0.126 e. The molecule has 0 bridgehead atoms. The van der Waals surface area contributed by atoms with Crippen LogP contribution in [0.5, 0.6) is 0 Å². The highest BCUT2D eigenvalue weighted by Crippen LogP contribution is 2.24. The van der Waals surface area contributed by atoms with Crippen molar-refractivity contribution in [1.82, 2.24) is 0 Å². The van der Waals surface area contributed by atoms with Crippen molar-refractivity contribution in [2.45, 2.75) is 33.1 Å². The zero-order chi connectivity index (χ0) is 9.84. The van der Waals surface area contributed by atoms with E-state index in [2.05, 4.69) is 20.8 Å². The van der Waals surface area contributed by atoms with Gasteiger partial charge in [-0.25, -0.2) is 4.39 Å². The minimum absolute atomic E-state index is 0.0735. The Balaban J connectivity index is 2.76. The molecular formula is C12H17F. The number of benzene rings is 1. The summed E-state index contributed by atoms with van der Waals surface area (Å²) in [5.41, 5.74) is 0.844. The van der Waals surface area contributed by atoms with Gasteiger partial charge in [-0.15, -0.1) is 0 Å². The Morgan fingerprint density at radius 3 is 2.31 bits per heavy atom. The number of halogens is 1. The lowest BCUT2D eigenvalue weighted by Crippen LogP contribution is -2.01. The normalized spacial score (nSPS) is 13.3. The van der Waals surface area contributed by atoms with E-state index in [0.29, 0.717) is 11.8 Å². The molecule has 1 rings (SSSR count). The molecule has 1 aromatic rings. The third-order valence-corrected chi connectivity index (χ3v) is 2.26. The van der Waals surface area contributed by atoms with Crippen LogP contribution in [0.15, 0.2) is 24.3 Å². The van der Waals surface area contributed by atoms with Crippen LogP contribution in [0.1, 0.15) is 38.7 Å². The zero-order valence-electron chi connectivity index (χ0n) is 8.55. The standard InChI is InChI=1S/C12H17F/c1-9(2)8-10(3)11-6-4-5-7-12(11)13/h4-7,9-10H,8H2,1-3H3. The maximum atomic E-state index is 13.3. The van der Waals surface area contributed by atoms with Gasteiger partial charge in [0, 0.05) is 0 Å². The van der Waals surface area contributed by atoms with Crippen LogP contribution < -0.4 is 0 Å². The van der Waals surface area contributed by atoms with Crippen molar-refractivity contribution in [1.29, 1.82) is 0 Å². The molecule has 0 nitrogen and oxygen atoms in total. The van der Waals surface area contributed by atoms with E-state index < -0.39 is 0 Å². The Kier molecular flexibility index (Phi) is 3.47. The van der Waals surface area contributed by atoms with Gasteiger partial charge in [0.15, 0.2) is 0 Å². The van der Waals surface area contributed by atoms with E-state index in [1.54, 1.807) is 6.07 Å². The second-order valence-corrected chi connectivity index (χ2v) is 4.05. The number of hydrogen-bond acceptors (Lipinski definition) is 0. The average Bonchev–Trinajstić information content (AvgIpc) is 2.03. The first-order valence-electron chi connectivity index (χ1n) is 4.85. The van der Waals surface area contributed by atoms with Crippen LogP contribution in [0, 0.1) is 11.7 Å². The van der Waals surface area contributed by atoms with E-state index >= 15 is 0 Å². The van der Waals surface area contributed by atoms with E-state index in [0.717, 1.165) is 12.0 Å². The van der Waals surface area contributed by atoms with Gasteiger partial charge in [0.1, 0.15) is 5.82 Å². The van der Waals surface area contributed by atoms with Crippen molar-refractivity contribution < 1.29 is 4.39 Å².